The molecule has 1 amide bonds. The number of carbonyl (C=O) groups is 2. The van der Waals surface area contributed by atoms with Gasteiger partial charge >= 0.3 is 12.1 Å². The molecule has 1 saturated heterocycles. The van der Waals surface area contributed by atoms with Gasteiger partial charge in [0, 0.05) is 6.54 Å². The smallest absolute Gasteiger partial charge is 0.410 e. The lowest BCUT2D eigenvalue weighted by molar-refractivity contribution is -0.159. The summed E-state index contributed by atoms with van der Waals surface area (Å²) in [5.41, 5.74) is -0.545. The Hall–Kier alpha value is -1.52. The maximum atomic E-state index is 12.0. The van der Waals surface area contributed by atoms with Crippen molar-refractivity contribution in [2.24, 2.45) is 0 Å². The standard InChI is InChI=1S/C13H21NO4/c1-5-9-17-12(16)14-8-6-7-10(14)11(15)18-13(2,3)4/h5,10H,1,6-9H2,2-4H3/t10-/m1/s1. The van der Waals surface area contributed by atoms with Gasteiger partial charge in [-0.25, -0.2) is 9.59 Å². The zero-order valence-corrected chi connectivity index (χ0v) is 11.3. The first-order chi connectivity index (χ1) is 8.35. The number of hydrogen-bond acceptors (Lipinski definition) is 4. The van der Waals surface area contributed by atoms with Crippen molar-refractivity contribution in [3.05, 3.63) is 12.7 Å². The van der Waals surface area contributed by atoms with Crippen molar-refractivity contribution in [3.63, 3.8) is 0 Å². The summed E-state index contributed by atoms with van der Waals surface area (Å²) >= 11 is 0. The van der Waals surface area contributed by atoms with Crippen molar-refractivity contribution in [1.82, 2.24) is 4.90 Å². The number of esters is 1. The molecular weight excluding hydrogens is 234 g/mol. The second-order valence-electron chi connectivity index (χ2n) is 5.25. The number of rotatable bonds is 3. The van der Waals surface area contributed by atoms with Gasteiger partial charge in [-0.3, -0.25) is 4.90 Å². The molecule has 0 unspecified atom stereocenters. The molecule has 102 valence electrons. The highest BCUT2D eigenvalue weighted by atomic mass is 16.6. The van der Waals surface area contributed by atoms with E-state index in [2.05, 4.69) is 6.58 Å². The van der Waals surface area contributed by atoms with Crippen LogP contribution in [-0.4, -0.2) is 41.8 Å². The number of ether oxygens (including phenoxy) is 2. The zero-order chi connectivity index (χ0) is 13.8. The van der Waals surface area contributed by atoms with Crippen LogP contribution in [0.25, 0.3) is 0 Å². The minimum Gasteiger partial charge on any atom is -0.458 e. The molecule has 1 atom stereocenters. The number of amides is 1. The number of carbonyl (C=O) groups excluding carboxylic acids is 2. The van der Waals surface area contributed by atoms with E-state index in [0.29, 0.717) is 13.0 Å². The minimum atomic E-state index is -0.545. The van der Waals surface area contributed by atoms with Crippen molar-refractivity contribution in [2.75, 3.05) is 13.2 Å². The van der Waals surface area contributed by atoms with Crippen molar-refractivity contribution in [1.29, 1.82) is 0 Å². The fraction of sp³-hybridized carbons (Fsp3) is 0.692. The van der Waals surface area contributed by atoms with Crippen LogP contribution in [0.3, 0.4) is 0 Å². The third-order valence-corrected chi connectivity index (χ3v) is 2.49. The molecule has 18 heavy (non-hydrogen) atoms. The van der Waals surface area contributed by atoms with E-state index in [1.807, 2.05) is 0 Å². The van der Waals surface area contributed by atoms with Crippen LogP contribution in [0, 0.1) is 0 Å². The fourth-order valence-electron chi connectivity index (χ4n) is 1.81. The van der Waals surface area contributed by atoms with Crippen LogP contribution in [0.15, 0.2) is 12.7 Å². The summed E-state index contributed by atoms with van der Waals surface area (Å²) in [5.74, 6) is -0.365. The maximum absolute atomic E-state index is 12.0. The van der Waals surface area contributed by atoms with E-state index in [4.69, 9.17) is 9.47 Å². The third-order valence-electron chi connectivity index (χ3n) is 2.49. The van der Waals surface area contributed by atoms with Gasteiger partial charge in [0.1, 0.15) is 18.2 Å². The first-order valence-electron chi connectivity index (χ1n) is 6.12. The van der Waals surface area contributed by atoms with Crippen molar-refractivity contribution >= 4 is 12.1 Å². The molecule has 0 spiro atoms. The topological polar surface area (TPSA) is 55.8 Å². The molecule has 1 aliphatic heterocycles. The average molecular weight is 255 g/mol. The molecule has 0 bridgehead atoms. The number of hydrogen-bond donors (Lipinski definition) is 0. The van der Waals surface area contributed by atoms with Gasteiger partial charge in [-0.15, -0.1) is 0 Å². The molecule has 0 saturated carbocycles. The summed E-state index contributed by atoms with van der Waals surface area (Å²) in [6.45, 7) is 9.57. The van der Waals surface area contributed by atoms with Gasteiger partial charge in [0.05, 0.1) is 0 Å². The van der Waals surface area contributed by atoms with Gasteiger partial charge in [-0.05, 0) is 33.6 Å². The summed E-state index contributed by atoms with van der Waals surface area (Å²) in [4.78, 5) is 25.1. The summed E-state index contributed by atoms with van der Waals surface area (Å²) < 4.78 is 10.2. The van der Waals surface area contributed by atoms with E-state index < -0.39 is 17.7 Å². The van der Waals surface area contributed by atoms with E-state index in [0.717, 1.165) is 6.42 Å². The molecule has 0 N–H and O–H groups in total. The van der Waals surface area contributed by atoms with E-state index in [9.17, 15) is 9.59 Å². The predicted octanol–water partition coefficient (Wildman–Crippen LogP) is 2.12. The van der Waals surface area contributed by atoms with Crippen molar-refractivity contribution < 1.29 is 19.1 Å². The van der Waals surface area contributed by atoms with Gasteiger partial charge in [0.15, 0.2) is 0 Å². The maximum Gasteiger partial charge on any atom is 0.410 e. The molecule has 5 nitrogen and oxygen atoms in total. The Labute approximate surface area is 108 Å². The van der Waals surface area contributed by atoms with Gasteiger partial charge in [0.25, 0.3) is 0 Å². The first-order valence-corrected chi connectivity index (χ1v) is 6.12. The van der Waals surface area contributed by atoms with Crippen LogP contribution in [0.5, 0.6) is 0 Å². The van der Waals surface area contributed by atoms with E-state index in [1.54, 1.807) is 20.8 Å². The molecule has 0 radical (unpaired) electrons. The number of nitrogens with zero attached hydrogens (tertiary/aromatic N) is 1. The van der Waals surface area contributed by atoms with Crippen LogP contribution >= 0.6 is 0 Å². The largest absolute Gasteiger partial charge is 0.458 e. The molecule has 1 heterocycles. The lowest BCUT2D eigenvalue weighted by Gasteiger charge is -2.26. The van der Waals surface area contributed by atoms with Crippen LogP contribution in [0.1, 0.15) is 33.6 Å². The van der Waals surface area contributed by atoms with Crippen molar-refractivity contribution in [2.45, 2.75) is 45.3 Å². The first kappa shape index (κ1) is 14.5. The van der Waals surface area contributed by atoms with E-state index >= 15 is 0 Å². The molecular formula is C13H21NO4. The lowest BCUT2D eigenvalue weighted by atomic mass is 10.1. The van der Waals surface area contributed by atoms with Gasteiger partial charge in [-0.1, -0.05) is 12.7 Å². The fourth-order valence-corrected chi connectivity index (χ4v) is 1.81. The van der Waals surface area contributed by atoms with Crippen molar-refractivity contribution in [3.8, 4) is 0 Å². The van der Waals surface area contributed by atoms with Gasteiger partial charge in [0.2, 0.25) is 0 Å². The molecule has 1 fully saturated rings. The Morgan fingerprint density at radius 2 is 2.11 bits per heavy atom. The highest BCUT2D eigenvalue weighted by Gasteiger charge is 2.37. The molecule has 0 aromatic heterocycles. The minimum absolute atomic E-state index is 0.149. The second kappa shape index (κ2) is 5.89. The van der Waals surface area contributed by atoms with E-state index in [1.165, 1.54) is 11.0 Å². The monoisotopic (exact) mass is 255 g/mol. The molecule has 0 aromatic rings. The van der Waals surface area contributed by atoms with Crippen LogP contribution in [-0.2, 0) is 14.3 Å². The Morgan fingerprint density at radius 3 is 2.67 bits per heavy atom. The number of likely N-dealkylation sites (tertiary alicyclic amines) is 1. The Morgan fingerprint density at radius 1 is 1.44 bits per heavy atom. The molecule has 1 rings (SSSR count). The molecule has 1 aliphatic rings. The summed E-state index contributed by atoms with van der Waals surface area (Å²) in [5, 5.41) is 0. The zero-order valence-electron chi connectivity index (χ0n) is 11.3. The van der Waals surface area contributed by atoms with Crippen LogP contribution in [0.4, 0.5) is 4.79 Å². The third kappa shape index (κ3) is 4.05. The summed E-state index contributed by atoms with van der Waals surface area (Å²) in [6, 6.07) is -0.526. The highest BCUT2D eigenvalue weighted by Crippen LogP contribution is 2.21. The average Bonchev–Trinajstić information content (AvgIpc) is 2.72. The highest BCUT2D eigenvalue weighted by molar-refractivity contribution is 5.82. The Balaban J connectivity index is 2.61. The van der Waals surface area contributed by atoms with Gasteiger partial charge < -0.3 is 9.47 Å². The Kier molecular flexibility index (Phi) is 4.76. The van der Waals surface area contributed by atoms with Crippen LogP contribution in [0.2, 0.25) is 0 Å². The summed E-state index contributed by atoms with van der Waals surface area (Å²) in [6.07, 6.45) is 2.42. The molecule has 5 heteroatoms. The van der Waals surface area contributed by atoms with E-state index in [-0.39, 0.29) is 12.6 Å². The summed E-state index contributed by atoms with van der Waals surface area (Å²) in [7, 11) is 0. The van der Waals surface area contributed by atoms with Gasteiger partial charge in [-0.2, -0.15) is 0 Å². The second-order valence-corrected chi connectivity index (χ2v) is 5.25. The quantitative estimate of drug-likeness (QED) is 0.572. The molecule has 0 aromatic carbocycles. The molecule has 0 aliphatic carbocycles. The Bertz CT molecular complexity index is 332. The normalized spacial score (nSPS) is 19.5. The SMILES string of the molecule is C=CCOC(=O)N1CCC[C@@H]1C(=O)OC(C)(C)C. The van der Waals surface area contributed by atoms with Crippen LogP contribution < -0.4 is 0 Å². The lowest BCUT2D eigenvalue weighted by Crippen LogP contribution is -2.43. The predicted molar refractivity (Wildman–Crippen MR) is 67.1 cm³/mol.